The number of carbonyl (C=O) groups excluding carboxylic acids is 1. The van der Waals surface area contributed by atoms with Crippen molar-refractivity contribution in [3.63, 3.8) is 0 Å². The first-order valence-electron chi connectivity index (χ1n) is 9.26. The van der Waals surface area contributed by atoms with Crippen molar-refractivity contribution in [2.45, 2.75) is 33.1 Å². The zero-order valence-corrected chi connectivity index (χ0v) is 15.7. The summed E-state index contributed by atoms with van der Waals surface area (Å²) in [7, 11) is 0. The highest BCUT2D eigenvalue weighted by Gasteiger charge is 2.22. The Bertz CT molecular complexity index is 772. The third-order valence-electron chi connectivity index (χ3n) is 4.92. The molecule has 1 aromatic heterocycles. The number of benzene rings is 1. The summed E-state index contributed by atoms with van der Waals surface area (Å²) in [6, 6.07) is 9.82. The first kappa shape index (κ1) is 18.4. The van der Waals surface area contributed by atoms with Gasteiger partial charge in [0.05, 0.1) is 5.92 Å². The van der Waals surface area contributed by atoms with Gasteiger partial charge in [0, 0.05) is 24.7 Å². The molecule has 1 atom stereocenters. The van der Waals surface area contributed by atoms with E-state index in [1.165, 1.54) is 0 Å². The van der Waals surface area contributed by atoms with Crippen molar-refractivity contribution in [1.82, 2.24) is 9.88 Å². The molecule has 0 aliphatic carbocycles. The number of ether oxygens (including phenoxy) is 2. The van der Waals surface area contributed by atoms with Crippen LogP contribution < -0.4 is 4.74 Å². The van der Waals surface area contributed by atoms with Crippen LogP contribution in [-0.4, -0.2) is 42.1 Å². The van der Waals surface area contributed by atoms with Crippen LogP contribution in [0, 0.1) is 0 Å². The maximum absolute atomic E-state index is 12.4. The smallest absolute Gasteiger partial charge is 0.313 e. The SMILES string of the molecule is CCN(CC)CCOC(=O)C(C)c1ccc2c(c1)Cc1cccnc1O2. The van der Waals surface area contributed by atoms with Crippen molar-refractivity contribution in [2.24, 2.45) is 0 Å². The second-order valence-electron chi connectivity index (χ2n) is 6.53. The molecule has 3 rings (SSSR count). The predicted molar refractivity (Wildman–Crippen MR) is 101 cm³/mol. The van der Waals surface area contributed by atoms with Crippen molar-refractivity contribution in [1.29, 1.82) is 0 Å². The molecule has 0 bridgehead atoms. The molecule has 26 heavy (non-hydrogen) atoms. The molecule has 138 valence electrons. The number of rotatable bonds is 7. The molecule has 5 nitrogen and oxygen atoms in total. The first-order valence-corrected chi connectivity index (χ1v) is 9.26. The van der Waals surface area contributed by atoms with Crippen molar-refractivity contribution >= 4 is 5.97 Å². The Kier molecular flexibility index (Phi) is 5.89. The molecule has 1 aliphatic heterocycles. The van der Waals surface area contributed by atoms with Crippen molar-refractivity contribution in [3.8, 4) is 11.6 Å². The summed E-state index contributed by atoms with van der Waals surface area (Å²) in [6.45, 7) is 9.23. The monoisotopic (exact) mass is 354 g/mol. The highest BCUT2D eigenvalue weighted by atomic mass is 16.5. The lowest BCUT2D eigenvalue weighted by atomic mass is 9.95. The molecule has 0 radical (unpaired) electrons. The minimum atomic E-state index is -0.299. The molecule has 0 amide bonds. The number of carbonyl (C=O) groups is 1. The number of aromatic nitrogens is 1. The summed E-state index contributed by atoms with van der Waals surface area (Å²) in [4.78, 5) is 18.9. The van der Waals surface area contributed by atoms with Gasteiger partial charge in [-0.2, -0.15) is 0 Å². The van der Waals surface area contributed by atoms with Crippen LogP contribution in [0.4, 0.5) is 0 Å². The molecule has 1 unspecified atom stereocenters. The Hall–Kier alpha value is -2.40. The average Bonchev–Trinajstić information content (AvgIpc) is 2.68. The molecule has 0 N–H and O–H groups in total. The summed E-state index contributed by atoms with van der Waals surface area (Å²) in [6.07, 6.45) is 2.49. The molecule has 0 fully saturated rings. The number of hydrogen-bond acceptors (Lipinski definition) is 5. The average molecular weight is 354 g/mol. The predicted octanol–water partition coefficient (Wildman–Crippen LogP) is 3.77. The lowest BCUT2D eigenvalue weighted by molar-refractivity contribution is -0.145. The van der Waals surface area contributed by atoms with Gasteiger partial charge in [0.2, 0.25) is 5.88 Å². The van der Waals surface area contributed by atoms with Gasteiger partial charge in [0.15, 0.2) is 0 Å². The molecule has 0 spiro atoms. The van der Waals surface area contributed by atoms with Crippen molar-refractivity contribution < 1.29 is 14.3 Å². The fraction of sp³-hybridized carbons (Fsp3) is 0.429. The number of pyridine rings is 1. The van der Waals surface area contributed by atoms with Crippen LogP contribution in [0.25, 0.3) is 0 Å². The van der Waals surface area contributed by atoms with E-state index in [1.54, 1.807) is 6.20 Å². The highest BCUT2D eigenvalue weighted by molar-refractivity contribution is 5.78. The third kappa shape index (κ3) is 4.05. The summed E-state index contributed by atoms with van der Waals surface area (Å²) in [5.41, 5.74) is 3.09. The second-order valence-corrected chi connectivity index (χ2v) is 6.53. The summed E-state index contributed by atoms with van der Waals surface area (Å²) in [5, 5.41) is 0. The molecular weight excluding hydrogens is 328 g/mol. The summed E-state index contributed by atoms with van der Waals surface area (Å²) < 4.78 is 11.3. The molecule has 5 heteroatoms. The van der Waals surface area contributed by atoms with Gasteiger partial charge in [-0.3, -0.25) is 4.79 Å². The van der Waals surface area contributed by atoms with E-state index >= 15 is 0 Å². The number of nitrogens with zero attached hydrogens (tertiary/aromatic N) is 2. The van der Waals surface area contributed by atoms with Crippen LogP contribution in [0.1, 0.15) is 43.4 Å². The number of esters is 1. The number of likely N-dealkylation sites (N-methyl/N-ethyl adjacent to an activating group) is 1. The van der Waals surface area contributed by atoms with E-state index in [9.17, 15) is 4.79 Å². The molecular formula is C21H26N2O3. The molecule has 0 saturated carbocycles. The van der Waals surface area contributed by atoms with Gasteiger partial charge in [0.25, 0.3) is 0 Å². The van der Waals surface area contributed by atoms with Crippen LogP contribution in [0.5, 0.6) is 11.6 Å². The second kappa shape index (κ2) is 8.32. The van der Waals surface area contributed by atoms with E-state index in [1.807, 2.05) is 37.3 Å². The van der Waals surface area contributed by atoms with Gasteiger partial charge < -0.3 is 14.4 Å². The normalized spacial score (nSPS) is 13.5. The quantitative estimate of drug-likeness (QED) is 0.605. The van der Waals surface area contributed by atoms with Gasteiger partial charge in [-0.15, -0.1) is 0 Å². The maximum Gasteiger partial charge on any atom is 0.313 e. The minimum absolute atomic E-state index is 0.184. The molecule has 1 aromatic carbocycles. The van der Waals surface area contributed by atoms with Crippen LogP contribution in [-0.2, 0) is 16.0 Å². The fourth-order valence-electron chi connectivity index (χ4n) is 3.14. The zero-order chi connectivity index (χ0) is 18.5. The van der Waals surface area contributed by atoms with E-state index in [4.69, 9.17) is 9.47 Å². The molecule has 2 heterocycles. The van der Waals surface area contributed by atoms with E-state index in [2.05, 4.69) is 23.7 Å². The van der Waals surface area contributed by atoms with E-state index < -0.39 is 0 Å². The van der Waals surface area contributed by atoms with Gasteiger partial charge in [-0.25, -0.2) is 4.98 Å². The van der Waals surface area contributed by atoms with Crippen LogP contribution in [0.3, 0.4) is 0 Å². The van der Waals surface area contributed by atoms with Crippen LogP contribution in [0.15, 0.2) is 36.5 Å². The Morgan fingerprint density at radius 1 is 1.27 bits per heavy atom. The van der Waals surface area contributed by atoms with E-state index in [-0.39, 0.29) is 11.9 Å². The van der Waals surface area contributed by atoms with Crippen LogP contribution >= 0.6 is 0 Å². The Morgan fingerprint density at radius 2 is 2.08 bits per heavy atom. The van der Waals surface area contributed by atoms with Crippen LogP contribution in [0.2, 0.25) is 0 Å². The van der Waals surface area contributed by atoms with E-state index in [0.717, 1.165) is 48.5 Å². The largest absolute Gasteiger partial charge is 0.464 e. The van der Waals surface area contributed by atoms with Crippen molar-refractivity contribution in [3.05, 3.63) is 53.2 Å². The molecule has 2 aromatic rings. The third-order valence-corrected chi connectivity index (χ3v) is 4.92. The number of fused-ring (bicyclic) bond motifs is 2. The van der Waals surface area contributed by atoms with Gasteiger partial charge >= 0.3 is 5.97 Å². The molecule has 1 aliphatic rings. The van der Waals surface area contributed by atoms with E-state index in [0.29, 0.717) is 12.5 Å². The summed E-state index contributed by atoms with van der Waals surface area (Å²) in [5.74, 6) is 0.988. The van der Waals surface area contributed by atoms with Gasteiger partial charge in [-0.05, 0) is 43.3 Å². The topological polar surface area (TPSA) is 51.7 Å². The first-order chi connectivity index (χ1) is 12.6. The van der Waals surface area contributed by atoms with Crippen molar-refractivity contribution in [2.75, 3.05) is 26.2 Å². The zero-order valence-electron chi connectivity index (χ0n) is 15.7. The fourth-order valence-corrected chi connectivity index (χ4v) is 3.14. The standard InChI is InChI=1S/C21H26N2O3/c1-4-23(5-2)11-12-25-21(24)15(3)16-8-9-19-18(13-16)14-17-7-6-10-22-20(17)26-19/h6-10,13,15H,4-5,11-12,14H2,1-3H3. The van der Waals surface area contributed by atoms with Gasteiger partial charge in [-0.1, -0.05) is 32.0 Å². The lowest BCUT2D eigenvalue weighted by Crippen LogP contribution is -2.28. The maximum atomic E-state index is 12.4. The lowest BCUT2D eigenvalue weighted by Gasteiger charge is -2.21. The highest BCUT2D eigenvalue weighted by Crippen LogP contribution is 2.36. The minimum Gasteiger partial charge on any atom is -0.464 e. The summed E-state index contributed by atoms with van der Waals surface area (Å²) >= 11 is 0. The number of hydrogen-bond donors (Lipinski definition) is 0. The van der Waals surface area contributed by atoms with Gasteiger partial charge in [0.1, 0.15) is 12.4 Å². The Morgan fingerprint density at radius 3 is 2.85 bits per heavy atom. The Labute approximate surface area is 155 Å². The molecule has 0 saturated heterocycles. The Balaban J connectivity index is 1.64.